The van der Waals surface area contributed by atoms with Crippen LogP contribution in [0.5, 0.6) is 0 Å². The second kappa shape index (κ2) is 5.37. The molecule has 1 aromatic carbocycles. The van der Waals surface area contributed by atoms with E-state index in [1.807, 2.05) is 12.1 Å². The van der Waals surface area contributed by atoms with Crippen molar-refractivity contribution in [3.63, 3.8) is 0 Å². The van der Waals surface area contributed by atoms with E-state index in [2.05, 4.69) is 39.2 Å². The van der Waals surface area contributed by atoms with Crippen molar-refractivity contribution in [3.8, 4) is 0 Å². The van der Waals surface area contributed by atoms with E-state index in [0.29, 0.717) is 11.6 Å². The van der Waals surface area contributed by atoms with Gasteiger partial charge in [0.15, 0.2) is 6.29 Å². The van der Waals surface area contributed by atoms with Gasteiger partial charge in [-0.2, -0.15) is 0 Å². The summed E-state index contributed by atoms with van der Waals surface area (Å²) >= 11 is 0. The molecule has 0 saturated carbocycles. The zero-order chi connectivity index (χ0) is 14.9. The van der Waals surface area contributed by atoms with E-state index in [1.165, 1.54) is 11.9 Å². The van der Waals surface area contributed by atoms with Crippen LogP contribution in [0.3, 0.4) is 0 Å². The number of aldehydes is 1. The summed E-state index contributed by atoms with van der Waals surface area (Å²) in [4.78, 5) is 22.1. The van der Waals surface area contributed by atoms with Gasteiger partial charge in [0.1, 0.15) is 12.0 Å². The Kier molecular flexibility index (Phi) is 3.22. The van der Waals surface area contributed by atoms with Crippen LogP contribution in [0.2, 0.25) is 0 Å². The van der Waals surface area contributed by atoms with Crippen LogP contribution in [0.4, 0.5) is 5.69 Å². The van der Waals surface area contributed by atoms with Gasteiger partial charge in [0.25, 0.3) is 0 Å². The van der Waals surface area contributed by atoms with Crippen molar-refractivity contribution in [1.82, 2.24) is 9.97 Å². The molecule has 1 fully saturated rings. The van der Waals surface area contributed by atoms with E-state index in [-0.39, 0.29) is 0 Å². The van der Waals surface area contributed by atoms with Crippen LogP contribution in [-0.4, -0.2) is 29.3 Å². The van der Waals surface area contributed by atoms with Crippen molar-refractivity contribution in [2.45, 2.75) is 12.8 Å². The highest BCUT2D eigenvalue weighted by Gasteiger charge is 2.25. The number of nitrogens with zero attached hydrogens (tertiary/aromatic N) is 3. The number of hydrogen-bond acceptors (Lipinski definition) is 4. The summed E-state index contributed by atoms with van der Waals surface area (Å²) < 4.78 is 0. The average Bonchev–Trinajstić information content (AvgIpc) is 2.60. The van der Waals surface area contributed by atoms with Crippen molar-refractivity contribution in [2.24, 2.45) is 5.92 Å². The third-order valence-corrected chi connectivity index (χ3v) is 4.63. The quantitative estimate of drug-likeness (QED) is 0.797. The van der Waals surface area contributed by atoms with Gasteiger partial charge in [-0.15, -0.1) is 0 Å². The van der Waals surface area contributed by atoms with Gasteiger partial charge in [-0.25, -0.2) is 9.97 Å². The maximum absolute atomic E-state index is 11.4. The van der Waals surface area contributed by atoms with Crippen molar-refractivity contribution < 1.29 is 4.79 Å². The number of aromatic nitrogens is 2. The molecule has 110 valence electrons. The molecular weight excluding hydrogens is 274 g/mol. The van der Waals surface area contributed by atoms with E-state index in [0.717, 1.165) is 48.8 Å². The lowest BCUT2D eigenvalue weighted by Gasteiger charge is -2.37. The lowest BCUT2D eigenvalue weighted by molar-refractivity contribution is 0.112. The number of carbonyl (C=O) groups excluding carboxylic acids is 1. The monoisotopic (exact) mass is 291 g/mol. The largest absolute Gasteiger partial charge is 0.367 e. The number of fused-ring (bicyclic) bond motifs is 2. The zero-order valence-corrected chi connectivity index (χ0v) is 12.3. The predicted molar refractivity (Wildman–Crippen MR) is 87.1 cm³/mol. The lowest BCUT2D eigenvalue weighted by Crippen LogP contribution is -2.36. The van der Waals surface area contributed by atoms with Gasteiger partial charge in [-0.1, -0.05) is 24.3 Å². The Morgan fingerprint density at radius 3 is 3.14 bits per heavy atom. The van der Waals surface area contributed by atoms with Gasteiger partial charge in [0.2, 0.25) is 0 Å². The van der Waals surface area contributed by atoms with Crippen molar-refractivity contribution in [3.05, 3.63) is 54.0 Å². The molecule has 1 aliphatic heterocycles. The molecular formula is C18H17N3O. The number of carbonyl (C=O) groups is 1. The normalized spacial score (nSPS) is 20.6. The molecule has 0 radical (unpaired) electrons. The topological polar surface area (TPSA) is 46.1 Å². The average molecular weight is 291 g/mol. The molecule has 1 atom stereocenters. The summed E-state index contributed by atoms with van der Waals surface area (Å²) in [6.07, 6.45) is 11.2. The molecule has 22 heavy (non-hydrogen) atoms. The number of allylic oxidation sites excluding steroid dienone is 3. The molecule has 4 rings (SSSR count). The Balaban J connectivity index is 1.79. The number of piperidine rings is 1. The van der Waals surface area contributed by atoms with E-state index in [4.69, 9.17) is 0 Å². The van der Waals surface area contributed by atoms with Gasteiger partial charge in [0.05, 0.1) is 10.9 Å². The molecule has 0 spiro atoms. The Hall–Kier alpha value is -2.49. The molecule has 1 aromatic heterocycles. The van der Waals surface area contributed by atoms with Crippen LogP contribution < -0.4 is 4.90 Å². The van der Waals surface area contributed by atoms with Crippen LogP contribution in [0, 0.1) is 5.92 Å². The molecule has 2 aromatic rings. The van der Waals surface area contributed by atoms with E-state index >= 15 is 0 Å². The fourth-order valence-corrected chi connectivity index (χ4v) is 3.49. The third kappa shape index (κ3) is 2.11. The van der Waals surface area contributed by atoms with Crippen LogP contribution in [-0.2, 0) is 0 Å². The van der Waals surface area contributed by atoms with Gasteiger partial charge >= 0.3 is 0 Å². The first-order valence-corrected chi connectivity index (χ1v) is 7.66. The summed E-state index contributed by atoms with van der Waals surface area (Å²) in [7, 11) is 0. The smallest absolute Gasteiger partial charge is 0.169 e. The minimum Gasteiger partial charge on any atom is -0.367 e. The maximum Gasteiger partial charge on any atom is 0.169 e. The summed E-state index contributed by atoms with van der Waals surface area (Å²) in [6.45, 7) is 1.92. The first-order valence-electron chi connectivity index (χ1n) is 7.66. The van der Waals surface area contributed by atoms with Crippen molar-refractivity contribution in [1.29, 1.82) is 0 Å². The van der Waals surface area contributed by atoms with Crippen LogP contribution in [0.1, 0.15) is 23.3 Å². The molecule has 4 heteroatoms. The Bertz CT molecular complexity index is 789. The second-order valence-electron chi connectivity index (χ2n) is 5.86. The molecule has 0 bridgehead atoms. The van der Waals surface area contributed by atoms with Crippen molar-refractivity contribution in [2.75, 3.05) is 18.0 Å². The first-order chi connectivity index (χ1) is 10.9. The Morgan fingerprint density at radius 1 is 1.27 bits per heavy atom. The molecule has 2 heterocycles. The molecule has 0 amide bonds. The van der Waals surface area contributed by atoms with Crippen molar-refractivity contribution >= 4 is 22.9 Å². The van der Waals surface area contributed by atoms with Crippen LogP contribution >= 0.6 is 0 Å². The van der Waals surface area contributed by atoms with Crippen LogP contribution in [0.25, 0.3) is 10.9 Å². The second-order valence-corrected chi connectivity index (χ2v) is 5.86. The summed E-state index contributed by atoms with van der Waals surface area (Å²) in [6, 6.07) is 6.00. The fraction of sp³-hybridized carbons (Fsp3) is 0.278. The van der Waals surface area contributed by atoms with Gasteiger partial charge < -0.3 is 4.90 Å². The number of anilines is 1. The molecule has 1 unspecified atom stereocenters. The number of benzene rings is 1. The van der Waals surface area contributed by atoms with Gasteiger partial charge in [-0.3, -0.25) is 4.79 Å². The van der Waals surface area contributed by atoms with Gasteiger partial charge in [0, 0.05) is 18.8 Å². The number of hydrogen-bond donors (Lipinski definition) is 0. The minimum absolute atomic E-state index is 0.472. The lowest BCUT2D eigenvalue weighted by atomic mass is 9.85. The predicted octanol–water partition coefficient (Wildman–Crippen LogP) is 3.15. The van der Waals surface area contributed by atoms with Crippen LogP contribution in [0.15, 0.2) is 48.3 Å². The molecule has 2 aliphatic rings. The first kappa shape index (κ1) is 13.2. The highest BCUT2D eigenvalue weighted by Crippen LogP contribution is 2.34. The fourth-order valence-electron chi connectivity index (χ4n) is 3.49. The Labute approximate surface area is 129 Å². The van der Waals surface area contributed by atoms with E-state index < -0.39 is 0 Å². The highest BCUT2D eigenvalue weighted by molar-refractivity contribution is 6.02. The highest BCUT2D eigenvalue weighted by atomic mass is 16.1. The maximum atomic E-state index is 11.4. The molecule has 0 N–H and O–H groups in total. The molecule has 4 nitrogen and oxygen atoms in total. The minimum atomic E-state index is 0.472. The summed E-state index contributed by atoms with van der Waals surface area (Å²) in [5, 5.41) is 0.866. The standard InChI is InChI=1S/C18H17N3O/c22-11-16-18-15(19-12-20-16)6-3-7-17(18)21-9-8-13-4-1-2-5-14(13)10-21/h1-3,5-7,11-13H,4,8-10H2. The molecule has 1 saturated heterocycles. The third-order valence-electron chi connectivity index (χ3n) is 4.63. The van der Waals surface area contributed by atoms with E-state index in [9.17, 15) is 4.79 Å². The number of rotatable bonds is 2. The summed E-state index contributed by atoms with van der Waals surface area (Å²) in [5.41, 5.74) is 3.85. The van der Waals surface area contributed by atoms with E-state index in [1.54, 1.807) is 0 Å². The molecule has 1 aliphatic carbocycles. The zero-order valence-electron chi connectivity index (χ0n) is 12.3. The summed E-state index contributed by atoms with van der Waals surface area (Å²) in [5.74, 6) is 0.679. The SMILES string of the molecule is O=Cc1ncnc2cccc(N3CCC4CC=CC=C4C3)c12. The van der Waals surface area contributed by atoms with Gasteiger partial charge in [-0.05, 0) is 36.5 Å². The Morgan fingerprint density at radius 2 is 2.23 bits per heavy atom.